The first-order valence-electron chi connectivity index (χ1n) is 9.00. The van der Waals surface area contributed by atoms with Gasteiger partial charge < -0.3 is 15.1 Å². The van der Waals surface area contributed by atoms with Crippen LogP contribution in [0, 0.1) is 17.8 Å². The molecule has 1 saturated carbocycles. The molecule has 3 nitrogen and oxygen atoms in total. The summed E-state index contributed by atoms with van der Waals surface area (Å²) < 4.78 is 0. The topological polar surface area (TPSA) is 18.5 Å². The van der Waals surface area contributed by atoms with Crippen molar-refractivity contribution in [2.75, 3.05) is 47.3 Å². The zero-order valence-corrected chi connectivity index (χ0v) is 15.4. The van der Waals surface area contributed by atoms with Gasteiger partial charge in [0, 0.05) is 32.2 Å². The van der Waals surface area contributed by atoms with Gasteiger partial charge in [-0.3, -0.25) is 0 Å². The van der Waals surface area contributed by atoms with Gasteiger partial charge in [0.2, 0.25) is 0 Å². The van der Waals surface area contributed by atoms with Gasteiger partial charge in [0.25, 0.3) is 0 Å². The Bertz CT molecular complexity index is 265. The molecule has 3 heteroatoms. The van der Waals surface area contributed by atoms with Crippen LogP contribution in [0.1, 0.15) is 46.5 Å². The number of nitrogens with zero attached hydrogens (tertiary/aromatic N) is 2. The molecule has 0 aromatic rings. The second-order valence-corrected chi connectivity index (χ2v) is 7.70. The van der Waals surface area contributed by atoms with Gasteiger partial charge in [-0.1, -0.05) is 27.2 Å². The smallest absolute Gasteiger partial charge is 0.0109 e. The largest absolute Gasteiger partial charge is 0.317 e. The van der Waals surface area contributed by atoms with E-state index >= 15 is 0 Å². The molecule has 21 heavy (non-hydrogen) atoms. The minimum absolute atomic E-state index is 0.724. The predicted octanol–water partition coefficient (Wildman–Crippen LogP) is 2.92. The first kappa shape index (κ1) is 18.9. The quantitative estimate of drug-likeness (QED) is 0.706. The molecule has 0 saturated heterocycles. The van der Waals surface area contributed by atoms with Gasteiger partial charge in [-0.15, -0.1) is 0 Å². The van der Waals surface area contributed by atoms with Crippen LogP contribution in [0.4, 0.5) is 0 Å². The third kappa shape index (κ3) is 7.12. The van der Waals surface area contributed by atoms with Crippen molar-refractivity contribution in [3.8, 4) is 0 Å². The lowest BCUT2D eigenvalue weighted by Crippen LogP contribution is -2.46. The standard InChI is InChI=1S/C18H39N3/c1-7-16-8-9-18(19-4)17(12-16)14-21(13-15(2)3)11-10-20(5)6/h15-19H,7-14H2,1-6H3. The Morgan fingerprint density at radius 2 is 1.86 bits per heavy atom. The van der Waals surface area contributed by atoms with Gasteiger partial charge in [-0.2, -0.15) is 0 Å². The molecule has 0 radical (unpaired) electrons. The molecule has 0 aromatic carbocycles. The van der Waals surface area contributed by atoms with Crippen LogP contribution >= 0.6 is 0 Å². The molecule has 1 fully saturated rings. The molecule has 3 atom stereocenters. The average Bonchev–Trinajstić information content (AvgIpc) is 2.44. The van der Waals surface area contributed by atoms with Gasteiger partial charge in [-0.05, 0) is 58.2 Å². The molecule has 3 unspecified atom stereocenters. The minimum atomic E-state index is 0.724. The fourth-order valence-electron chi connectivity index (χ4n) is 3.76. The molecule has 1 N–H and O–H groups in total. The van der Waals surface area contributed by atoms with Crippen LogP contribution in [0.15, 0.2) is 0 Å². The van der Waals surface area contributed by atoms with Crippen LogP contribution in [0.2, 0.25) is 0 Å². The second kappa shape index (κ2) is 9.81. The highest BCUT2D eigenvalue weighted by atomic mass is 15.2. The monoisotopic (exact) mass is 297 g/mol. The zero-order chi connectivity index (χ0) is 15.8. The van der Waals surface area contributed by atoms with E-state index in [-0.39, 0.29) is 0 Å². The van der Waals surface area contributed by atoms with E-state index in [9.17, 15) is 0 Å². The molecule has 0 aliphatic heterocycles. The van der Waals surface area contributed by atoms with E-state index in [2.05, 4.69) is 57.0 Å². The van der Waals surface area contributed by atoms with E-state index in [0.29, 0.717) is 0 Å². The van der Waals surface area contributed by atoms with Gasteiger partial charge in [0.15, 0.2) is 0 Å². The lowest BCUT2D eigenvalue weighted by atomic mass is 9.76. The van der Waals surface area contributed by atoms with E-state index in [0.717, 1.165) is 23.8 Å². The third-order valence-corrected chi connectivity index (χ3v) is 5.02. The molecule has 1 aliphatic rings. The van der Waals surface area contributed by atoms with E-state index < -0.39 is 0 Å². The highest BCUT2D eigenvalue weighted by Crippen LogP contribution is 2.31. The third-order valence-electron chi connectivity index (χ3n) is 5.02. The van der Waals surface area contributed by atoms with Gasteiger partial charge >= 0.3 is 0 Å². The Morgan fingerprint density at radius 3 is 2.38 bits per heavy atom. The molecule has 0 amide bonds. The van der Waals surface area contributed by atoms with Crippen molar-refractivity contribution in [1.29, 1.82) is 0 Å². The zero-order valence-electron chi connectivity index (χ0n) is 15.4. The second-order valence-electron chi connectivity index (χ2n) is 7.70. The predicted molar refractivity (Wildman–Crippen MR) is 93.8 cm³/mol. The summed E-state index contributed by atoms with van der Waals surface area (Å²) in [5, 5.41) is 3.59. The summed E-state index contributed by atoms with van der Waals surface area (Å²) in [5.74, 6) is 2.54. The first-order chi connectivity index (χ1) is 9.96. The van der Waals surface area contributed by atoms with E-state index in [1.165, 1.54) is 51.9 Å². The van der Waals surface area contributed by atoms with E-state index in [1.54, 1.807) is 0 Å². The maximum Gasteiger partial charge on any atom is 0.0109 e. The van der Waals surface area contributed by atoms with Crippen LogP contribution in [0.25, 0.3) is 0 Å². The number of hydrogen-bond acceptors (Lipinski definition) is 3. The van der Waals surface area contributed by atoms with Crippen molar-refractivity contribution in [1.82, 2.24) is 15.1 Å². The number of nitrogens with one attached hydrogen (secondary N) is 1. The summed E-state index contributed by atoms with van der Waals surface area (Å²) in [4.78, 5) is 5.01. The van der Waals surface area contributed by atoms with Crippen molar-refractivity contribution in [3.05, 3.63) is 0 Å². The molecule has 126 valence electrons. The number of rotatable bonds is 9. The Labute approximate surface area is 133 Å². The highest BCUT2D eigenvalue weighted by molar-refractivity contribution is 4.86. The summed E-state index contributed by atoms with van der Waals surface area (Å²) in [6, 6.07) is 0.724. The van der Waals surface area contributed by atoms with Crippen LogP contribution in [-0.4, -0.2) is 63.2 Å². The van der Waals surface area contributed by atoms with Crippen molar-refractivity contribution < 1.29 is 0 Å². The van der Waals surface area contributed by atoms with Crippen molar-refractivity contribution >= 4 is 0 Å². The molecule has 1 aliphatic carbocycles. The molecule has 0 aromatic heterocycles. The van der Waals surface area contributed by atoms with Crippen LogP contribution < -0.4 is 5.32 Å². The van der Waals surface area contributed by atoms with Crippen LogP contribution in [0.3, 0.4) is 0 Å². The summed E-state index contributed by atoms with van der Waals surface area (Å²) in [6.45, 7) is 11.9. The maximum absolute atomic E-state index is 3.59. The van der Waals surface area contributed by atoms with Crippen molar-refractivity contribution in [2.24, 2.45) is 17.8 Å². The summed E-state index contributed by atoms with van der Waals surface area (Å²) in [7, 11) is 6.51. The summed E-state index contributed by atoms with van der Waals surface area (Å²) >= 11 is 0. The Kier molecular flexibility index (Phi) is 8.84. The first-order valence-corrected chi connectivity index (χ1v) is 9.00. The fraction of sp³-hybridized carbons (Fsp3) is 1.00. The van der Waals surface area contributed by atoms with Crippen molar-refractivity contribution in [3.63, 3.8) is 0 Å². The van der Waals surface area contributed by atoms with E-state index in [4.69, 9.17) is 0 Å². The molecule has 0 bridgehead atoms. The summed E-state index contributed by atoms with van der Waals surface area (Å²) in [6.07, 6.45) is 5.55. The lowest BCUT2D eigenvalue weighted by molar-refractivity contribution is 0.127. The Balaban J connectivity index is 2.59. The van der Waals surface area contributed by atoms with E-state index in [1.807, 2.05) is 0 Å². The molecule has 0 heterocycles. The van der Waals surface area contributed by atoms with Crippen LogP contribution in [0.5, 0.6) is 0 Å². The van der Waals surface area contributed by atoms with Crippen LogP contribution in [-0.2, 0) is 0 Å². The Hall–Kier alpha value is -0.120. The summed E-state index contributed by atoms with van der Waals surface area (Å²) in [5.41, 5.74) is 0. The molecular formula is C18H39N3. The number of likely N-dealkylation sites (N-methyl/N-ethyl adjacent to an activating group) is 1. The average molecular weight is 298 g/mol. The van der Waals surface area contributed by atoms with Gasteiger partial charge in [-0.25, -0.2) is 0 Å². The Morgan fingerprint density at radius 1 is 1.14 bits per heavy atom. The SMILES string of the molecule is CCC1CCC(NC)C(CN(CCN(C)C)CC(C)C)C1. The van der Waals surface area contributed by atoms with Gasteiger partial charge in [0.1, 0.15) is 0 Å². The molecule has 0 spiro atoms. The lowest BCUT2D eigenvalue weighted by Gasteiger charge is -2.39. The maximum atomic E-state index is 3.59. The normalized spacial score (nSPS) is 27.0. The van der Waals surface area contributed by atoms with Crippen molar-refractivity contribution in [2.45, 2.75) is 52.5 Å². The van der Waals surface area contributed by atoms with Gasteiger partial charge in [0.05, 0.1) is 0 Å². The number of hydrogen-bond donors (Lipinski definition) is 1. The molecule has 1 rings (SSSR count). The fourth-order valence-corrected chi connectivity index (χ4v) is 3.76. The molecular weight excluding hydrogens is 258 g/mol. The highest BCUT2D eigenvalue weighted by Gasteiger charge is 2.30. The minimum Gasteiger partial charge on any atom is -0.317 e.